The molecule has 0 aliphatic rings. The third-order valence-corrected chi connectivity index (χ3v) is 9.53. The van der Waals surface area contributed by atoms with Crippen LogP contribution in [0.15, 0.2) is 108 Å². The second-order valence-electron chi connectivity index (χ2n) is 11.0. The molecule has 0 aliphatic heterocycles. The van der Waals surface area contributed by atoms with Gasteiger partial charge in [0.1, 0.15) is 18.4 Å². The van der Waals surface area contributed by atoms with Gasteiger partial charge in [-0.3, -0.25) is 13.9 Å². The summed E-state index contributed by atoms with van der Waals surface area (Å²) in [6.07, 6.45) is 0.835. The van der Waals surface area contributed by atoms with Crippen molar-refractivity contribution in [2.24, 2.45) is 0 Å². The number of para-hydroxylation sites is 1. The van der Waals surface area contributed by atoms with Crippen LogP contribution in [0.1, 0.15) is 37.0 Å². The first-order valence-electron chi connectivity index (χ1n) is 14.7. The van der Waals surface area contributed by atoms with Crippen LogP contribution in [0.4, 0.5) is 10.1 Å². The van der Waals surface area contributed by atoms with E-state index >= 15 is 4.39 Å². The number of carbonyl (C=O) groups is 2. The highest BCUT2D eigenvalue weighted by Gasteiger charge is 2.35. The molecule has 0 saturated heterocycles. The molecule has 0 bridgehead atoms. The van der Waals surface area contributed by atoms with Crippen molar-refractivity contribution in [2.45, 2.75) is 57.1 Å². The standard InChI is InChI=1S/C35H37ClFN3O4S/c1-4-26(3)38-35(42)33(22-27-11-6-5-7-12-27)39(23-28-13-10-14-29(36)21-28)34(41)24-40(32-16-9-8-15-31(32)37)45(43,44)30-19-17-25(2)18-20-30/h5-21,26,33H,4,22-24H2,1-3H3,(H,38,42). The quantitative estimate of drug-likeness (QED) is 0.178. The molecular formula is C35H37ClFN3O4S. The fourth-order valence-corrected chi connectivity index (χ4v) is 6.47. The van der Waals surface area contributed by atoms with E-state index in [9.17, 15) is 18.0 Å². The molecule has 0 aliphatic carbocycles. The van der Waals surface area contributed by atoms with Crippen LogP contribution in [-0.4, -0.2) is 43.8 Å². The molecule has 0 heterocycles. The number of rotatable bonds is 13. The van der Waals surface area contributed by atoms with Crippen molar-refractivity contribution in [3.8, 4) is 0 Å². The number of amides is 2. The summed E-state index contributed by atoms with van der Waals surface area (Å²) in [6, 6.07) is 26.5. The fraction of sp³-hybridized carbons (Fsp3) is 0.257. The van der Waals surface area contributed by atoms with Gasteiger partial charge in [-0.05, 0) is 67.8 Å². The van der Waals surface area contributed by atoms with Crippen LogP contribution in [0.2, 0.25) is 5.02 Å². The Hall–Kier alpha value is -4.21. The summed E-state index contributed by atoms with van der Waals surface area (Å²) in [7, 11) is -4.41. The normalized spacial score (nSPS) is 12.6. The van der Waals surface area contributed by atoms with Gasteiger partial charge < -0.3 is 10.2 Å². The minimum absolute atomic E-state index is 0.0412. The third kappa shape index (κ3) is 8.71. The van der Waals surface area contributed by atoms with Crippen molar-refractivity contribution >= 4 is 39.1 Å². The van der Waals surface area contributed by atoms with Crippen molar-refractivity contribution in [1.29, 1.82) is 0 Å². The van der Waals surface area contributed by atoms with Gasteiger partial charge in [0, 0.05) is 24.0 Å². The Labute approximate surface area is 269 Å². The van der Waals surface area contributed by atoms with Crippen LogP contribution in [-0.2, 0) is 32.6 Å². The van der Waals surface area contributed by atoms with Gasteiger partial charge >= 0.3 is 0 Å². The van der Waals surface area contributed by atoms with Crippen molar-refractivity contribution in [2.75, 3.05) is 10.8 Å². The summed E-state index contributed by atoms with van der Waals surface area (Å²) in [5.41, 5.74) is 2.01. The van der Waals surface area contributed by atoms with Gasteiger partial charge in [0.15, 0.2) is 0 Å². The first-order valence-corrected chi connectivity index (χ1v) is 16.5. The molecule has 2 atom stereocenters. The van der Waals surface area contributed by atoms with Crippen molar-refractivity contribution in [3.05, 3.63) is 131 Å². The summed E-state index contributed by atoms with van der Waals surface area (Å²) < 4.78 is 44.1. The van der Waals surface area contributed by atoms with E-state index in [1.807, 2.05) is 51.1 Å². The molecule has 0 saturated carbocycles. The van der Waals surface area contributed by atoms with E-state index in [0.717, 1.165) is 21.5 Å². The lowest BCUT2D eigenvalue weighted by Crippen LogP contribution is -2.54. The zero-order valence-corrected chi connectivity index (χ0v) is 27.1. The van der Waals surface area contributed by atoms with E-state index in [1.54, 1.807) is 36.4 Å². The van der Waals surface area contributed by atoms with E-state index < -0.39 is 34.3 Å². The zero-order chi connectivity index (χ0) is 32.6. The Morgan fingerprint density at radius 2 is 1.53 bits per heavy atom. The highest BCUT2D eigenvalue weighted by atomic mass is 35.5. The van der Waals surface area contributed by atoms with Gasteiger partial charge in [0.05, 0.1) is 10.6 Å². The Bertz CT molecular complexity index is 1720. The van der Waals surface area contributed by atoms with E-state index in [2.05, 4.69) is 5.32 Å². The molecule has 4 aromatic carbocycles. The van der Waals surface area contributed by atoms with Gasteiger partial charge in [-0.1, -0.05) is 90.8 Å². The fourth-order valence-electron chi connectivity index (χ4n) is 4.83. The van der Waals surface area contributed by atoms with Crippen LogP contribution in [0.5, 0.6) is 0 Å². The lowest BCUT2D eigenvalue weighted by atomic mass is 10.0. The minimum atomic E-state index is -4.41. The average molecular weight is 650 g/mol. The van der Waals surface area contributed by atoms with Gasteiger partial charge in [0.25, 0.3) is 10.0 Å². The van der Waals surface area contributed by atoms with Gasteiger partial charge in [0.2, 0.25) is 11.8 Å². The Morgan fingerprint density at radius 3 is 2.18 bits per heavy atom. The average Bonchev–Trinajstić information content (AvgIpc) is 3.02. The molecule has 7 nitrogen and oxygen atoms in total. The number of halogens is 2. The second-order valence-corrected chi connectivity index (χ2v) is 13.2. The molecule has 0 spiro atoms. The van der Waals surface area contributed by atoms with E-state index in [1.165, 1.54) is 35.2 Å². The van der Waals surface area contributed by atoms with Crippen LogP contribution >= 0.6 is 11.6 Å². The molecule has 2 unspecified atom stereocenters. The monoisotopic (exact) mass is 649 g/mol. The van der Waals surface area contributed by atoms with Crippen molar-refractivity contribution in [1.82, 2.24) is 10.2 Å². The first-order chi connectivity index (χ1) is 21.5. The van der Waals surface area contributed by atoms with Crippen LogP contribution in [0, 0.1) is 12.7 Å². The molecule has 10 heteroatoms. The molecule has 2 amide bonds. The van der Waals surface area contributed by atoms with Gasteiger partial charge in [-0.2, -0.15) is 0 Å². The summed E-state index contributed by atoms with van der Waals surface area (Å²) in [4.78, 5) is 29.6. The predicted molar refractivity (Wildman–Crippen MR) is 176 cm³/mol. The van der Waals surface area contributed by atoms with Crippen molar-refractivity contribution < 1.29 is 22.4 Å². The molecule has 45 heavy (non-hydrogen) atoms. The number of sulfonamides is 1. The second kappa shape index (κ2) is 15.2. The predicted octanol–water partition coefficient (Wildman–Crippen LogP) is 6.54. The highest BCUT2D eigenvalue weighted by molar-refractivity contribution is 7.92. The Balaban J connectivity index is 1.82. The smallest absolute Gasteiger partial charge is 0.264 e. The molecule has 4 aromatic rings. The van der Waals surface area contributed by atoms with Gasteiger partial charge in [-0.15, -0.1) is 0 Å². The topological polar surface area (TPSA) is 86.8 Å². The van der Waals surface area contributed by atoms with Crippen molar-refractivity contribution in [3.63, 3.8) is 0 Å². The summed E-state index contributed by atoms with van der Waals surface area (Å²) in [6.45, 7) is 4.84. The SMILES string of the molecule is CCC(C)NC(=O)C(Cc1ccccc1)N(Cc1cccc(Cl)c1)C(=O)CN(c1ccccc1F)S(=O)(=O)c1ccc(C)cc1. The molecule has 0 radical (unpaired) electrons. The lowest BCUT2D eigenvalue weighted by Gasteiger charge is -2.34. The first kappa shape index (κ1) is 33.7. The molecular weight excluding hydrogens is 613 g/mol. The van der Waals surface area contributed by atoms with Gasteiger partial charge in [-0.25, -0.2) is 12.8 Å². The van der Waals surface area contributed by atoms with E-state index in [0.29, 0.717) is 17.0 Å². The molecule has 0 aromatic heterocycles. The van der Waals surface area contributed by atoms with E-state index in [-0.39, 0.29) is 35.5 Å². The zero-order valence-electron chi connectivity index (χ0n) is 25.5. The number of aryl methyl sites for hydroxylation is 1. The highest BCUT2D eigenvalue weighted by Crippen LogP contribution is 2.27. The van der Waals surface area contributed by atoms with Crippen LogP contribution in [0.25, 0.3) is 0 Å². The largest absolute Gasteiger partial charge is 0.352 e. The molecule has 0 fully saturated rings. The summed E-state index contributed by atoms with van der Waals surface area (Å²) >= 11 is 6.28. The summed E-state index contributed by atoms with van der Waals surface area (Å²) in [5.74, 6) is -1.88. The lowest BCUT2D eigenvalue weighted by molar-refractivity contribution is -0.140. The molecule has 1 N–H and O–H groups in total. The minimum Gasteiger partial charge on any atom is -0.352 e. The van der Waals surface area contributed by atoms with Crippen LogP contribution < -0.4 is 9.62 Å². The third-order valence-electron chi connectivity index (χ3n) is 7.52. The maximum atomic E-state index is 15.2. The van der Waals surface area contributed by atoms with Crippen LogP contribution in [0.3, 0.4) is 0 Å². The summed E-state index contributed by atoms with van der Waals surface area (Å²) in [5, 5.41) is 3.43. The number of nitrogens with zero attached hydrogens (tertiary/aromatic N) is 2. The number of nitrogens with one attached hydrogen (secondary N) is 1. The Morgan fingerprint density at radius 1 is 0.889 bits per heavy atom. The maximum Gasteiger partial charge on any atom is 0.264 e. The maximum absolute atomic E-state index is 15.2. The number of carbonyl (C=O) groups excluding carboxylic acids is 2. The van der Waals surface area contributed by atoms with E-state index in [4.69, 9.17) is 11.6 Å². The number of anilines is 1. The Kier molecular flexibility index (Phi) is 11.4. The number of benzene rings is 4. The molecule has 4 rings (SSSR count). The number of hydrogen-bond donors (Lipinski definition) is 1. The molecule has 236 valence electrons. The number of hydrogen-bond acceptors (Lipinski definition) is 4.